The van der Waals surface area contributed by atoms with Gasteiger partial charge < -0.3 is 14.7 Å². The van der Waals surface area contributed by atoms with Crippen molar-refractivity contribution < 1.29 is 47.9 Å². The van der Waals surface area contributed by atoms with Gasteiger partial charge in [0.15, 0.2) is 5.78 Å². The van der Waals surface area contributed by atoms with Gasteiger partial charge in [-0.2, -0.15) is 0 Å². The first-order chi connectivity index (χ1) is 20.0. The van der Waals surface area contributed by atoms with Crippen LogP contribution in [0.3, 0.4) is 0 Å². The number of hydrogen-bond donors (Lipinski definition) is 1. The lowest BCUT2D eigenvalue weighted by atomic mass is 9.82. The standard InChI is InChI=1S/C31H42NO10P/c1-8-23(25(17-28(34)35)29(36)32-20-38-18-26(32)24-11-9-10-12-27(24)33)22-15-13-21(14-16-22)19-43(37,41-39-30(2,3)4)42-40-31(5,6)7/h8-16,23-26H,1,17-20H2,2-7H3,(H,34,35)/t23-,24?,25+,26-/m1/s1. The van der Waals surface area contributed by atoms with E-state index in [-0.39, 0.29) is 25.3 Å². The molecule has 1 aromatic rings. The summed E-state index contributed by atoms with van der Waals surface area (Å²) < 4.78 is 29.6. The number of ether oxygens (including phenoxy) is 1. The molecule has 0 aromatic heterocycles. The Morgan fingerprint density at radius 2 is 1.70 bits per heavy atom. The van der Waals surface area contributed by atoms with Crippen molar-refractivity contribution >= 4 is 25.3 Å². The van der Waals surface area contributed by atoms with E-state index in [1.807, 2.05) is 0 Å². The Labute approximate surface area is 252 Å². The Balaban J connectivity index is 1.84. The summed E-state index contributed by atoms with van der Waals surface area (Å²) in [5, 5.41) is 9.72. The van der Waals surface area contributed by atoms with Crippen molar-refractivity contribution in [3.8, 4) is 0 Å². The number of nitrogens with zero attached hydrogens (tertiary/aromatic N) is 1. The fraction of sp³-hybridized carbons (Fsp3) is 0.516. The van der Waals surface area contributed by atoms with Crippen molar-refractivity contribution in [2.24, 2.45) is 11.8 Å². The van der Waals surface area contributed by atoms with Crippen molar-refractivity contribution in [2.45, 2.75) is 77.3 Å². The normalized spacial score (nSPS) is 20.7. The molecule has 0 bridgehead atoms. The highest BCUT2D eigenvalue weighted by Gasteiger charge is 2.42. The summed E-state index contributed by atoms with van der Waals surface area (Å²) in [4.78, 5) is 50.3. The molecule has 1 aromatic carbocycles. The average molecular weight is 620 g/mol. The number of carbonyl (C=O) groups is 3. The number of carboxylic acid groups (broad SMARTS) is 1. The largest absolute Gasteiger partial charge is 0.481 e. The highest BCUT2D eigenvalue weighted by Crippen LogP contribution is 2.53. The topological polar surface area (TPSA) is 138 Å². The van der Waals surface area contributed by atoms with Crippen LogP contribution in [0.1, 0.15) is 65.0 Å². The van der Waals surface area contributed by atoms with E-state index in [4.69, 9.17) is 23.9 Å². The molecule has 1 heterocycles. The third kappa shape index (κ3) is 10.1. The summed E-state index contributed by atoms with van der Waals surface area (Å²) in [6, 6.07) is 6.23. The molecule has 236 valence electrons. The molecule has 1 N–H and O–H groups in total. The minimum atomic E-state index is -3.93. The van der Waals surface area contributed by atoms with Gasteiger partial charge in [0.2, 0.25) is 5.91 Å². The number of ketones is 1. The third-order valence-corrected chi connectivity index (χ3v) is 7.93. The van der Waals surface area contributed by atoms with Gasteiger partial charge in [-0.15, -0.1) is 15.9 Å². The maximum Gasteiger partial charge on any atom is 0.388 e. The summed E-state index contributed by atoms with van der Waals surface area (Å²) in [7, 11) is -3.93. The fourth-order valence-corrected chi connectivity index (χ4v) is 6.08. The second-order valence-electron chi connectivity index (χ2n) is 12.6. The van der Waals surface area contributed by atoms with Gasteiger partial charge in [0.25, 0.3) is 0 Å². The number of carboxylic acids is 1. The zero-order chi connectivity index (χ0) is 32.0. The minimum Gasteiger partial charge on any atom is -0.481 e. The Morgan fingerprint density at radius 3 is 2.21 bits per heavy atom. The number of amides is 1. The van der Waals surface area contributed by atoms with Crippen molar-refractivity contribution in [1.82, 2.24) is 4.90 Å². The molecule has 4 atom stereocenters. The first kappa shape index (κ1) is 34.6. The van der Waals surface area contributed by atoms with E-state index in [1.54, 1.807) is 84.0 Å². The van der Waals surface area contributed by atoms with E-state index >= 15 is 0 Å². The van der Waals surface area contributed by atoms with Gasteiger partial charge >= 0.3 is 13.6 Å². The van der Waals surface area contributed by atoms with Crippen LogP contribution in [0.2, 0.25) is 0 Å². The van der Waals surface area contributed by atoms with Crippen LogP contribution in [0, 0.1) is 11.8 Å². The molecular formula is C31H42NO10P. The van der Waals surface area contributed by atoms with E-state index in [1.165, 1.54) is 17.1 Å². The smallest absolute Gasteiger partial charge is 0.388 e. The minimum absolute atomic E-state index is 0.0493. The Kier molecular flexibility index (Phi) is 11.4. The van der Waals surface area contributed by atoms with Crippen molar-refractivity contribution in [2.75, 3.05) is 13.3 Å². The van der Waals surface area contributed by atoms with Crippen LogP contribution in [-0.2, 0) is 49.0 Å². The van der Waals surface area contributed by atoms with Gasteiger partial charge in [-0.05, 0) is 58.7 Å². The van der Waals surface area contributed by atoms with E-state index in [9.17, 15) is 24.1 Å². The molecule has 1 unspecified atom stereocenters. The number of rotatable bonds is 13. The zero-order valence-electron chi connectivity index (χ0n) is 25.6. The van der Waals surface area contributed by atoms with Crippen molar-refractivity contribution in [3.63, 3.8) is 0 Å². The predicted octanol–water partition coefficient (Wildman–Crippen LogP) is 5.73. The second kappa shape index (κ2) is 14.2. The lowest BCUT2D eigenvalue weighted by molar-refractivity contribution is -0.326. The fourth-order valence-electron chi connectivity index (χ4n) is 4.61. The molecule has 0 saturated carbocycles. The zero-order valence-corrected chi connectivity index (χ0v) is 26.5. The molecule has 12 heteroatoms. The Morgan fingerprint density at radius 1 is 1.09 bits per heavy atom. The molecule has 0 radical (unpaired) electrons. The molecule has 1 aliphatic heterocycles. The molecule has 0 spiro atoms. The second-order valence-corrected chi connectivity index (χ2v) is 14.4. The lowest BCUT2D eigenvalue weighted by Crippen LogP contribution is -2.47. The molecule has 1 aliphatic carbocycles. The molecule has 43 heavy (non-hydrogen) atoms. The van der Waals surface area contributed by atoms with E-state index in [0.29, 0.717) is 11.1 Å². The van der Waals surface area contributed by atoms with Crippen LogP contribution in [0.15, 0.2) is 61.2 Å². The van der Waals surface area contributed by atoms with Crippen molar-refractivity contribution in [1.29, 1.82) is 0 Å². The third-order valence-electron chi connectivity index (χ3n) is 6.58. The van der Waals surface area contributed by atoms with Crippen LogP contribution in [0.5, 0.6) is 0 Å². The van der Waals surface area contributed by atoms with E-state index in [2.05, 4.69) is 6.58 Å². The van der Waals surface area contributed by atoms with Crippen LogP contribution >= 0.6 is 7.60 Å². The van der Waals surface area contributed by atoms with Gasteiger partial charge in [-0.1, -0.05) is 48.6 Å². The molecule has 11 nitrogen and oxygen atoms in total. The quantitative estimate of drug-likeness (QED) is 0.126. The van der Waals surface area contributed by atoms with Crippen LogP contribution in [0.4, 0.5) is 0 Å². The summed E-state index contributed by atoms with van der Waals surface area (Å²) in [5.41, 5.74) is -0.330. The summed E-state index contributed by atoms with van der Waals surface area (Å²) >= 11 is 0. The summed E-state index contributed by atoms with van der Waals surface area (Å²) in [6.07, 6.45) is 7.45. The number of aliphatic carboxylic acids is 1. The maximum absolute atomic E-state index is 13.9. The number of allylic oxidation sites excluding steroid dienone is 4. The van der Waals surface area contributed by atoms with E-state index in [0.717, 1.165) is 0 Å². The molecular weight excluding hydrogens is 577 g/mol. The van der Waals surface area contributed by atoms with Gasteiger partial charge in [0.1, 0.15) is 6.73 Å². The Bertz CT molecular complexity index is 1250. The van der Waals surface area contributed by atoms with E-state index < -0.39 is 60.9 Å². The highest BCUT2D eigenvalue weighted by molar-refractivity contribution is 7.52. The van der Waals surface area contributed by atoms with Crippen LogP contribution < -0.4 is 0 Å². The lowest BCUT2D eigenvalue weighted by Gasteiger charge is -2.32. The molecule has 1 fully saturated rings. The summed E-state index contributed by atoms with van der Waals surface area (Å²) in [5.74, 6) is -4.01. The molecule has 2 aliphatic rings. The number of carbonyl (C=O) groups excluding carboxylic acids is 2. The molecule has 3 rings (SSSR count). The number of hydrogen-bond acceptors (Lipinski definition) is 9. The maximum atomic E-state index is 13.9. The van der Waals surface area contributed by atoms with Crippen LogP contribution in [-0.4, -0.2) is 58.2 Å². The monoisotopic (exact) mass is 619 g/mol. The molecule has 1 amide bonds. The van der Waals surface area contributed by atoms with Crippen LogP contribution in [0.25, 0.3) is 0 Å². The highest BCUT2D eigenvalue weighted by atomic mass is 31.2. The molecule has 1 saturated heterocycles. The first-order valence-electron chi connectivity index (χ1n) is 14.1. The van der Waals surface area contributed by atoms with Gasteiger partial charge in [-0.3, -0.25) is 18.9 Å². The predicted molar refractivity (Wildman–Crippen MR) is 159 cm³/mol. The van der Waals surface area contributed by atoms with Crippen molar-refractivity contribution in [3.05, 3.63) is 72.4 Å². The SMILES string of the molecule is C=C[C@H](c1ccc(CP(=O)(OOC(C)(C)C)OOC(C)(C)C)cc1)[C@H](CC(=O)O)C(=O)N1COC[C@@H]1C1C=CC=CC1=O. The summed E-state index contributed by atoms with van der Waals surface area (Å²) in [6.45, 7) is 14.4. The Hall–Kier alpha value is -2.92. The first-order valence-corrected chi connectivity index (χ1v) is 15.8. The average Bonchev–Trinajstić information content (AvgIpc) is 3.40. The van der Waals surface area contributed by atoms with Gasteiger partial charge in [-0.25, -0.2) is 9.78 Å². The van der Waals surface area contributed by atoms with Gasteiger partial charge in [0, 0.05) is 5.92 Å². The van der Waals surface area contributed by atoms with Gasteiger partial charge in [0.05, 0.1) is 48.3 Å². The number of benzene rings is 1.